The second-order valence-corrected chi connectivity index (χ2v) is 5.35. The van der Waals surface area contributed by atoms with Crippen molar-refractivity contribution in [3.05, 3.63) is 34.4 Å². The Hall–Kier alpha value is -2.11. The highest BCUT2D eigenvalue weighted by molar-refractivity contribution is 5.77. The van der Waals surface area contributed by atoms with Crippen molar-refractivity contribution in [2.75, 3.05) is 25.0 Å². The van der Waals surface area contributed by atoms with E-state index in [9.17, 15) is 14.9 Å². The first-order valence-electron chi connectivity index (χ1n) is 7.37. The molecule has 0 aliphatic carbocycles. The highest BCUT2D eigenvalue weighted by Crippen LogP contribution is 2.23. The molecule has 1 aromatic rings. The van der Waals surface area contributed by atoms with E-state index in [2.05, 4.69) is 12.2 Å². The second-order valence-electron chi connectivity index (χ2n) is 5.35. The van der Waals surface area contributed by atoms with Crippen LogP contribution in [-0.4, -0.2) is 35.4 Å². The number of hydrogen-bond acceptors (Lipinski definition) is 4. The Morgan fingerprint density at radius 1 is 1.48 bits per heavy atom. The summed E-state index contributed by atoms with van der Waals surface area (Å²) >= 11 is 0. The van der Waals surface area contributed by atoms with E-state index in [0.717, 1.165) is 25.9 Å². The highest BCUT2D eigenvalue weighted by atomic mass is 16.6. The third-order valence-corrected chi connectivity index (χ3v) is 3.97. The van der Waals surface area contributed by atoms with Crippen LogP contribution in [0.5, 0.6) is 0 Å². The Bertz CT molecular complexity index is 519. The van der Waals surface area contributed by atoms with Crippen molar-refractivity contribution >= 4 is 17.3 Å². The number of anilines is 1. The molecule has 0 radical (unpaired) electrons. The van der Waals surface area contributed by atoms with Gasteiger partial charge in [0.15, 0.2) is 0 Å². The van der Waals surface area contributed by atoms with Gasteiger partial charge in [-0.15, -0.1) is 0 Å². The number of carbonyl (C=O) groups is 1. The van der Waals surface area contributed by atoms with Crippen LogP contribution in [0.3, 0.4) is 0 Å². The van der Waals surface area contributed by atoms with Gasteiger partial charge < -0.3 is 10.2 Å². The van der Waals surface area contributed by atoms with Gasteiger partial charge in [0.05, 0.1) is 4.92 Å². The average Bonchev–Trinajstić information content (AvgIpc) is 2.96. The Morgan fingerprint density at radius 3 is 2.90 bits per heavy atom. The Morgan fingerprint density at radius 2 is 2.24 bits per heavy atom. The number of nitro groups is 1. The number of nitro benzene ring substituents is 1. The van der Waals surface area contributed by atoms with Crippen LogP contribution in [0.1, 0.15) is 26.2 Å². The van der Waals surface area contributed by atoms with Gasteiger partial charge in [0.25, 0.3) is 5.69 Å². The highest BCUT2D eigenvalue weighted by Gasteiger charge is 2.24. The molecule has 1 atom stereocenters. The summed E-state index contributed by atoms with van der Waals surface area (Å²) in [7, 11) is 0. The minimum atomic E-state index is -0.420. The smallest absolute Gasteiger partial charge is 0.292 e. The van der Waals surface area contributed by atoms with Crippen molar-refractivity contribution in [3.63, 3.8) is 0 Å². The van der Waals surface area contributed by atoms with E-state index >= 15 is 0 Å². The first kappa shape index (κ1) is 15.3. The fourth-order valence-corrected chi connectivity index (χ4v) is 2.64. The number of para-hydroxylation sites is 2. The minimum absolute atomic E-state index is 0.0390. The number of nitrogens with zero attached hydrogens (tertiary/aromatic N) is 2. The van der Waals surface area contributed by atoms with Gasteiger partial charge in [-0.05, 0) is 18.4 Å². The summed E-state index contributed by atoms with van der Waals surface area (Å²) in [6.07, 6.45) is 2.56. The number of rotatable bonds is 6. The Balaban J connectivity index is 1.82. The van der Waals surface area contributed by atoms with E-state index in [0.29, 0.717) is 24.6 Å². The van der Waals surface area contributed by atoms with Crippen molar-refractivity contribution in [1.29, 1.82) is 0 Å². The Kier molecular flexibility index (Phi) is 5.14. The van der Waals surface area contributed by atoms with Crippen molar-refractivity contribution in [3.8, 4) is 0 Å². The first-order valence-corrected chi connectivity index (χ1v) is 7.37. The minimum Gasteiger partial charge on any atom is -0.379 e. The lowest BCUT2D eigenvalue weighted by Gasteiger charge is -2.16. The lowest BCUT2D eigenvalue weighted by molar-refractivity contribution is -0.384. The third-order valence-electron chi connectivity index (χ3n) is 3.97. The summed E-state index contributed by atoms with van der Waals surface area (Å²) < 4.78 is 0. The van der Waals surface area contributed by atoms with E-state index in [4.69, 9.17) is 0 Å². The number of amides is 1. The second kappa shape index (κ2) is 7.06. The SMILES string of the molecule is CC[C@@H]1CCN(C(=O)CCNc2ccccc2[N+](=O)[O-])C1. The van der Waals surface area contributed by atoms with E-state index in [1.165, 1.54) is 6.07 Å². The Labute approximate surface area is 124 Å². The molecule has 1 saturated heterocycles. The number of carbonyl (C=O) groups excluding carboxylic acids is 1. The predicted molar refractivity (Wildman–Crippen MR) is 81.2 cm³/mol. The molecule has 0 unspecified atom stereocenters. The largest absolute Gasteiger partial charge is 0.379 e. The van der Waals surface area contributed by atoms with Gasteiger partial charge in [-0.1, -0.05) is 25.5 Å². The number of hydrogen-bond donors (Lipinski definition) is 1. The van der Waals surface area contributed by atoms with Crippen LogP contribution in [0.4, 0.5) is 11.4 Å². The van der Waals surface area contributed by atoms with Crippen LogP contribution in [0.15, 0.2) is 24.3 Å². The number of benzene rings is 1. The molecule has 0 aromatic heterocycles. The molecule has 1 fully saturated rings. The molecule has 6 nitrogen and oxygen atoms in total. The van der Waals surface area contributed by atoms with Crippen LogP contribution < -0.4 is 5.32 Å². The van der Waals surface area contributed by atoms with Gasteiger partial charge in [0, 0.05) is 32.1 Å². The van der Waals surface area contributed by atoms with Gasteiger partial charge in [-0.3, -0.25) is 14.9 Å². The molecule has 1 heterocycles. The zero-order valence-corrected chi connectivity index (χ0v) is 12.2. The summed E-state index contributed by atoms with van der Waals surface area (Å²) in [5.41, 5.74) is 0.500. The molecule has 0 saturated carbocycles. The van der Waals surface area contributed by atoms with E-state index in [-0.39, 0.29) is 11.6 Å². The van der Waals surface area contributed by atoms with Crippen LogP contribution >= 0.6 is 0 Å². The maximum atomic E-state index is 12.1. The summed E-state index contributed by atoms with van der Waals surface area (Å²) in [5, 5.41) is 13.9. The van der Waals surface area contributed by atoms with Crippen LogP contribution in [0.25, 0.3) is 0 Å². The number of likely N-dealkylation sites (tertiary alicyclic amines) is 1. The molecule has 0 bridgehead atoms. The quantitative estimate of drug-likeness (QED) is 0.646. The summed E-state index contributed by atoms with van der Waals surface area (Å²) in [5.74, 6) is 0.745. The van der Waals surface area contributed by atoms with E-state index in [1.807, 2.05) is 4.90 Å². The van der Waals surface area contributed by atoms with Gasteiger partial charge in [-0.25, -0.2) is 0 Å². The van der Waals surface area contributed by atoms with Crippen LogP contribution in [0.2, 0.25) is 0 Å². The normalized spacial score (nSPS) is 17.8. The molecule has 21 heavy (non-hydrogen) atoms. The molecule has 114 valence electrons. The molecule has 1 aromatic carbocycles. The molecule has 6 heteroatoms. The fourth-order valence-electron chi connectivity index (χ4n) is 2.64. The maximum Gasteiger partial charge on any atom is 0.292 e. The van der Waals surface area contributed by atoms with Crippen LogP contribution in [0, 0.1) is 16.0 Å². The maximum absolute atomic E-state index is 12.1. The van der Waals surface area contributed by atoms with Crippen molar-refractivity contribution < 1.29 is 9.72 Å². The van der Waals surface area contributed by atoms with Crippen LogP contribution in [-0.2, 0) is 4.79 Å². The fraction of sp³-hybridized carbons (Fsp3) is 0.533. The van der Waals surface area contributed by atoms with E-state index < -0.39 is 4.92 Å². The van der Waals surface area contributed by atoms with Crippen molar-refractivity contribution in [1.82, 2.24) is 4.90 Å². The molecule has 1 amide bonds. The summed E-state index contributed by atoms with van der Waals surface area (Å²) in [4.78, 5) is 24.4. The molecule has 2 rings (SSSR count). The molecular weight excluding hydrogens is 270 g/mol. The average molecular weight is 291 g/mol. The summed E-state index contributed by atoms with van der Waals surface area (Å²) in [6, 6.07) is 6.48. The van der Waals surface area contributed by atoms with Crippen molar-refractivity contribution in [2.24, 2.45) is 5.92 Å². The zero-order chi connectivity index (χ0) is 15.2. The molecular formula is C15H21N3O3. The van der Waals surface area contributed by atoms with Gasteiger partial charge in [0.2, 0.25) is 5.91 Å². The standard InChI is InChI=1S/C15H21N3O3/c1-2-12-8-10-17(11-12)15(19)7-9-16-13-5-3-4-6-14(13)18(20)21/h3-6,12,16H,2,7-11H2,1H3/t12-/m1/s1. The number of nitrogens with one attached hydrogen (secondary N) is 1. The molecule has 1 aliphatic rings. The van der Waals surface area contributed by atoms with Gasteiger partial charge >= 0.3 is 0 Å². The van der Waals surface area contributed by atoms with E-state index in [1.54, 1.807) is 18.2 Å². The van der Waals surface area contributed by atoms with Crippen molar-refractivity contribution in [2.45, 2.75) is 26.2 Å². The molecule has 0 spiro atoms. The monoisotopic (exact) mass is 291 g/mol. The lowest BCUT2D eigenvalue weighted by atomic mass is 10.1. The lowest BCUT2D eigenvalue weighted by Crippen LogP contribution is -2.30. The molecule has 1 aliphatic heterocycles. The zero-order valence-electron chi connectivity index (χ0n) is 12.2. The molecule has 1 N–H and O–H groups in total. The third kappa shape index (κ3) is 3.93. The summed E-state index contributed by atoms with van der Waals surface area (Å²) in [6.45, 7) is 4.25. The van der Waals surface area contributed by atoms with Gasteiger partial charge in [0.1, 0.15) is 5.69 Å². The van der Waals surface area contributed by atoms with Gasteiger partial charge in [-0.2, -0.15) is 0 Å². The predicted octanol–water partition coefficient (Wildman–Crippen LogP) is 2.66. The first-order chi connectivity index (χ1) is 10.1. The topological polar surface area (TPSA) is 75.5 Å².